The third-order valence-electron chi connectivity index (χ3n) is 2.28. The summed E-state index contributed by atoms with van der Waals surface area (Å²) in [4.78, 5) is 0. The van der Waals surface area contributed by atoms with Crippen molar-refractivity contribution in [2.24, 2.45) is 0 Å². The zero-order chi connectivity index (χ0) is 15.0. The van der Waals surface area contributed by atoms with Gasteiger partial charge in [0, 0.05) is 17.9 Å². The maximum absolute atomic E-state index is 6.00. The minimum Gasteiger partial charge on any atom is -0.454 e. The predicted molar refractivity (Wildman–Crippen MR) is 107 cm³/mol. The fraction of sp³-hybridized carbons (Fsp3) is 0. The van der Waals surface area contributed by atoms with Gasteiger partial charge in [-0.15, -0.1) is 0 Å². The van der Waals surface area contributed by atoms with Crippen molar-refractivity contribution < 1.29 is 4.74 Å². The van der Waals surface area contributed by atoms with Crippen LogP contribution in [0.15, 0.2) is 49.5 Å². The lowest BCUT2D eigenvalue weighted by Gasteiger charge is -2.14. The molecule has 0 unspecified atom stereocenters. The lowest BCUT2D eigenvalue weighted by molar-refractivity contribution is 0.472. The van der Waals surface area contributed by atoms with Gasteiger partial charge < -0.3 is 4.74 Å². The van der Waals surface area contributed by atoms with Gasteiger partial charge in [-0.3, -0.25) is 0 Å². The van der Waals surface area contributed by atoms with E-state index < -0.39 is 0 Å². The van der Waals surface area contributed by atoms with Gasteiger partial charge in [0.05, 0.1) is 13.4 Å². The highest BCUT2D eigenvalue weighted by molar-refractivity contribution is 9.15. The summed E-state index contributed by atoms with van der Waals surface area (Å²) >= 11 is 24.5. The summed E-state index contributed by atoms with van der Waals surface area (Å²) < 4.78 is 12.2. The molecule has 0 aliphatic carbocycles. The van der Waals surface area contributed by atoms with Crippen molar-refractivity contribution in [3.63, 3.8) is 0 Å². The Morgan fingerprint density at radius 2 is 1.20 bits per heavy atom. The summed E-state index contributed by atoms with van der Waals surface area (Å²) in [6.07, 6.45) is 0. The molecule has 8 heteroatoms. The standard InChI is InChI=1S/C12H3Br7O/c13-4-1-2-7(10(18)8(4)16)20-12-6(15)3-5(14)9(17)11(12)19/h1-3H. The highest BCUT2D eigenvalue weighted by Gasteiger charge is 2.17. The summed E-state index contributed by atoms with van der Waals surface area (Å²) in [6.45, 7) is 0. The van der Waals surface area contributed by atoms with Crippen LogP contribution < -0.4 is 4.74 Å². The van der Waals surface area contributed by atoms with Crippen molar-refractivity contribution in [1.29, 1.82) is 0 Å². The van der Waals surface area contributed by atoms with Gasteiger partial charge in [0.15, 0.2) is 5.75 Å². The smallest absolute Gasteiger partial charge is 0.157 e. The van der Waals surface area contributed by atoms with Gasteiger partial charge >= 0.3 is 0 Å². The molecule has 20 heavy (non-hydrogen) atoms. The van der Waals surface area contributed by atoms with Crippen molar-refractivity contribution >= 4 is 112 Å². The summed E-state index contributed by atoms with van der Waals surface area (Å²) in [7, 11) is 0. The van der Waals surface area contributed by atoms with Gasteiger partial charge in [-0.05, 0) is 130 Å². The molecule has 0 aliphatic heterocycles. The van der Waals surface area contributed by atoms with Crippen molar-refractivity contribution in [3.05, 3.63) is 49.5 Å². The molecule has 2 aromatic rings. The molecule has 0 aromatic heterocycles. The largest absolute Gasteiger partial charge is 0.454 e. The van der Waals surface area contributed by atoms with E-state index in [9.17, 15) is 0 Å². The van der Waals surface area contributed by atoms with E-state index >= 15 is 0 Å². The van der Waals surface area contributed by atoms with Crippen LogP contribution >= 0.6 is 112 Å². The van der Waals surface area contributed by atoms with Gasteiger partial charge in [0.1, 0.15) is 5.75 Å². The SMILES string of the molecule is Brc1ccc(Oc2c(Br)cc(Br)c(Br)c2Br)c(Br)c1Br. The molecule has 0 fully saturated rings. The van der Waals surface area contributed by atoms with E-state index in [0.717, 1.165) is 31.3 Å². The predicted octanol–water partition coefficient (Wildman–Crippen LogP) is 8.82. The number of ether oxygens (including phenoxy) is 1. The number of hydrogen-bond donors (Lipinski definition) is 0. The van der Waals surface area contributed by atoms with Crippen molar-refractivity contribution in [2.75, 3.05) is 0 Å². The molecule has 0 saturated carbocycles. The Morgan fingerprint density at radius 1 is 0.600 bits per heavy atom. The molecule has 0 aliphatic rings. The topological polar surface area (TPSA) is 9.23 Å². The van der Waals surface area contributed by atoms with Crippen LogP contribution in [0.1, 0.15) is 0 Å². The molecule has 1 nitrogen and oxygen atoms in total. The van der Waals surface area contributed by atoms with E-state index in [4.69, 9.17) is 4.74 Å². The Kier molecular flexibility index (Phi) is 6.68. The first-order valence-corrected chi connectivity index (χ1v) is 10.5. The molecule has 0 amide bonds. The zero-order valence-electron chi connectivity index (χ0n) is 9.29. The molecule has 0 atom stereocenters. The van der Waals surface area contributed by atoms with Crippen LogP contribution in [-0.2, 0) is 0 Å². The monoisotopic (exact) mass is 715 g/mol. The van der Waals surface area contributed by atoms with Crippen LogP contribution in [0.2, 0.25) is 0 Å². The minimum atomic E-state index is 0.690. The lowest BCUT2D eigenvalue weighted by Crippen LogP contribution is -1.91. The van der Waals surface area contributed by atoms with Gasteiger partial charge in [-0.2, -0.15) is 0 Å². The van der Waals surface area contributed by atoms with Crippen LogP contribution in [0, 0.1) is 0 Å². The zero-order valence-corrected chi connectivity index (χ0v) is 20.4. The second-order valence-electron chi connectivity index (χ2n) is 3.57. The number of rotatable bonds is 2. The summed E-state index contributed by atoms with van der Waals surface area (Å²) in [5, 5.41) is 0. The Bertz CT molecular complexity index is 684. The number of benzene rings is 2. The van der Waals surface area contributed by atoms with Crippen molar-refractivity contribution in [1.82, 2.24) is 0 Å². The first kappa shape index (κ1) is 17.9. The van der Waals surface area contributed by atoms with Crippen LogP contribution in [0.4, 0.5) is 0 Å². The molecule has 0 saturated heterocycles. The highest BCUT2D eigenvalue weighted by atomic mass is 79.9. The Morgan fingerprint density at radius 3 is 1.85 bits per heavy atom. The number of hydrogen-bond acceptors (Lipinski definition) is 1. The lowest BCUT2D eigenvalue weighted by atomic mass is 10.3. The average molecular weight is 722 g/mol. The molecule has 0 spiro atoms. The summed E-state index contributed by atoms with van der Waals surface area (Å²) in [5.74, 6) is 1.39. The van der Waals surface area contributed by atoms with E-state index in [0.29, 0.717) is 11.5 Å². The third kappa shape index (κ3) is 3.74. The molecular weight excluding hydrogens is 719 g/mol. The Balaban J connectivity index is 2.51. The van der Waals surface area contributed by atoms with E-state index in [2.05, 4.69) is 112 Å². The molecular formula is C12H3Br7O. The van der Waals surface area contributed by atoms with Crippen LogP contribution in [0.25, 0.3) is 0 Å². The second kappa shape index (κ2) is 7.45. The molecule has 2 rings (SSSR count). The van der Waals surface area contributed by atoms with Gasteiger partial charge in [0.25, 0.3) is 0 Å². The Hall–Kier alpha value is 1.60. The summed E-state index contributed by atoms with van der Waals surface area (Å²) in [5.41, 5.74) is 0. The van der Waals surface area contributed by atoms with E-state index in [1.54, 1.807) is 0 Å². The highest BCUT2D eigenvalue weighted by Crippen LogP contribution is 2.47. The van der Waals surface area contributed by atoms with E-state index in [1.165, 1.54) is 0 Å². The first-order chi connectivity index (χ1) is 9.32. The van der Waals surface area contributed by atoms with E-state index in [1.807, 2.05) is 18.2 Å². The average Bonchev–Trinajstić information content (AvgIpc) is 2.41. The molecule has 106 valence electrons. The quantitative estimate of drug-likeness (QED) is 0.223. The van der Waals surface area contributed by atoms with Gasteiger partial charge in [-0.25, -0.2) is 0 Å². The van der Waals surface area contributed by atoms with Crippen LogP contribution in [0.3, 0.4) is 0 Å². The van der Waals surface area contributed by atoms with Crippen LogP contribution in [0.5, 0.6) is 11.5 Å². The third-order valence-corrected chi connectivity index (χ3v) is 9.48. The maximum atomic E-state index is 6.00. The van der Waals surface area contributed by atoms with Crippen LogP contribution in [-0.4, -0.2) is 0 Å². The van der Waals surface area contributed by atoms with Crippen molar-refractivity contribution in [2.45, 2.75) is 0 Å². The number of halogens is 7. The molecule has 0 radical (unpaired) electrons. The van der Waals surface area contributed by atoms with Crippen molar-refractivity contribution in [3.8, 4) is 11.5 Å². The second-order valence-corrected chi connectivity index (χ2v) is 9.31. The first-order valence-electron chi connectivity index (χ1n) is 4.97. The van der Waals surface area contributed by atoms with Gasteiger partial charge in [-0.1, -0.05) is 0 Å². The van der Waals surface area contributed by atoms with E-state index in [-0.39, 0.29) is 0 Å². The fourth-order valence-electron chi connectivity index (χ4n) is 1.34. The molecule has 0 bridgehead atoms. The maximum Gasteiger partial charge on any atom is 0.157 e. The molecule has 2 aromatic carbocycles. The minimum absolute atomic E-state index is 0.690. The molecule has 0 heterocycles. The summed E-state index contributed by atoms with van der Waals surface area (Å²) in [6, 6.07) is 5.72. The van der Waals surface area contributed by atoms with Gasteiger partial charge in [0.2, 0.25) is 0 Å². The molecule has 0 N–H and O–H groups in total. The normalized spacial score (nSPS) is 10.8. The fourth-order valence-corrected chi connectivity index (χ4v) is 5.27. The Labute approximate surface area is 175 Å².